The average molecular weight is 418 g/mol. The van der Waals surface area contributed by atoms with Gasteiger partial charge in [-0.05, 0) is 25.0 Å². The van der Waals surface area contributed by atoms with Crippen LogP contribution in [0.3, 0.4) is 0 Å². The maximum Gasteiger partial charge on any atom is 0.183 e. The quantitative estimate of drug-likeness (QED) is 0.678. The minimum absolute atomic E-state index is 0.203. The van der Waals surface area contributed by atoms with Gasteiger partial charge in [0.05, 0.1) is 12.6 Å². The molecule has 8 nitrogen and oxygen atoms in total. The lowest BCUT2D eigenvalue weighted by Crippen LogP contribution is -2.46. The number of hydrogen-bond acceptors (Lipinski definition) is 8. The van der Waals surface area contributed by atoms with Crippen molar-refractivity contribution >= 4 is 11.6 Å². The topological polar surface area (TPSA) is 81.4 Å². The van der Waals surface area contributed by atoms with E-state index >= 15 is 0 Å². The third kappa shape index (κ3) is 5.69. The summed E-state index contributed by atoms with van der Waals surface area (Å²) in [6.45, 7) is 6.82. The minimum Gasteiger partial charge on any atom is -0.365 e. The number of hydrogen-bond donors (Lipinski definition) is 0. The van der Waals surface area contributed by atoms with Gasteiger partial charge in [0.15, 0.2) is 11.5 Å². The highest BCUT2D eigenvalue weighted by Gasteiger charge is 2.22. The predicted octanol–water partition coefficient (Wildman–Crippen LogP) is 1.55. The van der Waals surface area contributed by atoms with E-state index in [1.54, 1.807) is 12.4 Å². The number of piperazine rings is 1. The van der Waals surface area contributed by atoms with Gasteiger partial charge in [0.2, 0.25) is 0 Å². The van der Waals surface area contributed by atoms with Crippen molar-refractivity contribution in [3.63, 3.8) is 0 Å². The fourth-order valence-corrected chi connectivity index (χ4v) is 3.93. The van der Waals surface area contributed by atoms with Crippen LogP contribution in [0.1, 0.15) is 18.5 Å². The van der Waals surface area contributed by atoms with E-state index < -0.39 is 0 Å². The van der Waals surface area contributed by atoms with Crippen molar-refractivity contribution in [2.24, 2.45) is 0 Å². The highest BCUT2D eigenvalue weighted by Crippen LogP contribution is 2.21. The van der Waals surface area contributed by atoms with E-state index in [2.05, 4.69) is 53.6 Å². The number of pyridine rings is 1. The van der Waals surface area contributed by atoms with Gasteiger partial charge in [0, 0.05) is 57.9 Å². The van der Waals surface area contributed by atoms with E-state index in [1.165, 1.54) is 0 Å². The Morgan fingerprint density at radius 1 is 0.903 bits per heavy atom. The zero-order valence-electron chi connectivity index (χ0n) is 17.7. The highest BCUT2D eigenvalue weighted by molar-refractivity contribution is 5.49. The van der Waals surface area contributed by atoms with Crippen LogP contribution in [0.4, 0.5) is 11.6 Å². The smallest absolute Gasteiger partial charge is 0.183 e. The van der Waals surface area contributed by atoms with E-state index in [9.17, 15) is 5.26 Å². The Balaban J connectivity index is 1.13. The summed E-state index contributed by atoms with van der Waals surface area (Å²) in [5.41, 5.74) is 0.383. The van der Waals surface area contributed by atoms with Crippen LogP contribution in [-0.4, -0.2) is 78.4 Å². The van der Waals surface area contributed by atoms with E-state index in [0.717, 1.165) is 64.5 Å². The third-order valence-corrected chi connectivity index (χ3v) is 5.69. The molecule has 0 amide bonds. The minimum atomic E-state index is 0.203. The molecule has 160 valence electrons. The van der Waals surface area contributed by atoms with Gasteiger partial charge >= 0.3 is 0 Å². The molecule has 2 aromatic heterocycles. The molecule has 0 atom stereocenters. The number of nitriles is 1. The van der Waals surface area contributed by atoms with E-state index in [4.69, 9.17) is 4.74 Å². The van der Waals surface area contributed by atoms with Gasteiger partial charge in [0.1, 0.15) is 18.5 Å². The fraction of sp³-hybridized carbons (Fsp3) is 0.478. The van der Waals surface area contributed by atoms with Crippen molar-refractivity contribution in [3.8, 4) is 17.9 Å². The maximum atomic E-state index is 9.20. The van der Waals surface area contributed by atoms with Crippen LogP contribution < -0.4 is 9.80 Å². The SMILES string of the molecule is N#Cc1nccnc1N1CCC(OCC#CCN2CCN(c3ccccn3)CC2)CC1. The number of nitrogens with zero attached hydrogens (tertiary/aromatic N) is 7. The number of aromatic nitrogens is 3. The number of rotatable bonds is 5. The number of ether oxygens (including phenoxy) is 1. The largest absolute Gasteiger partial charge is 0.365 e. The highest BCUT2D eigenvalue weighted by atomic mass is 16.5. The molecule has 4 rings (SSSR count). The van der Waals surface area contributed by atoms with Gasteiger partial charge in [-0.1, -0.05) is 17.9 Å². The third-order valence-electron chi connectivity index (χ3n) is 5.69. The first-order valence-electron chi connectivity index (χ1n) is 10.7. The summed E-state index contributed by atoms with van der Waals surface area (Å²) in [4.78, 5) is 19.6. The molecule has 0 bridgehead atoms. The first kappa shape index (κ1) is 21.0. The lowest BCUT2D eigenvalue weighted by atomic mass is 10.1. The second-order valence-corrected chi connectivity index (χ2v) is 7.64. The molecule has 31 heavy (non-hydrogen) atoms. The van der Waals surface area contributed by atoms with Crippen LogP contribution >= 0.6 is 0 Å². The Hall–Kier alpha value is -3.20. The molecule has 2 aliphatic heterocycles. The maximum absolute atomic E-state index is 9.20. The van der Waals surface area contributed by atoms with Crippen molar-refractivity contribution < 1.29 is 4.74 Å². The van der Waals surface area contributed by atoms with Crippen molar-refractivity contribution in [2.75, 3.05) is 62.2 Å². The normalized spacial score (nSPS) is 17.6. The van der Waals surface area contributed by atoms with Gasteiger partial charge < -0.3 is 14.5 Å². The van der Waals surface area contributed by atoms with E-state index in [-0.39, 0.29) is 6.10 Å². The van der Waals surface area contributed by atoms with Gasteiger partial charge in [-0.3, -0.25) is 4.90 Å². The lowest BCUT2D eigenvalue weighted by molar-refractivity contribution is 0.0593. The molecule has 0 spiro atoms. The summed E-state index contributed by atoms with van der Waals surface area (Å²) in [6.07, 6.45) is 7.03. The molecule has 2 aliphatic rings. The Morgan fingerprint density at radius 3 is 2.45 bits per heavy atom. The molecule has 0 radical (unpaired) electrons. The predicted molar refractivity (Wildman–Crippen MR) is 119 cm³/mol. The van der Waals surface area contributed by atoms with Gasteiger partial charge in [-0.25, -0.2) is 15.0 Å². The second-order valence-electron chi connectivity index (χ2n) is 7.64. The molecule has 0 unspecified atom stereocenters. The summed E-state index contributed by atoms with van der Waals surface area (Å²) >= 11 is 0. The van der Waals surface area contributed by atoms with Crippen molar-refractivity contribution in [1.82, 2.24) is 19.9 Å². The van der Waals surface area contributed by atoms with Crippen molar-refractivity contribution in [1.29, 1.82) is 5.26 Å². The molecular formula is C23H27N7O. The zero-order chi connectivity index (χ0) is 21.3. The number of piperidine rings is 1. The molecule has 0 saturated carbocycles. The summed E-state index contributed by atoms with van der Waals surface area (Å²) in [5.74, 6) is 8.14. The Bertz CT molecular complexity index is 934. The first-order chi connectivity index (χ1) is 15.3. The van der Waals surface area contributed by atoms with E-state index in [1.807, 2.05) is 18.3 Å². The van der Waals surface area contributed by atoms with Crippen LogP contribution in [0, 0.1) is 23.2 Å². The standard InChI is InChI=1S/C23H27N7O/c24-19-21-23(27-10-9-25-21)30-12-6-20(7-13-30)31-18-4-3-11-28-14-16-29(17-15-28)22-5-1-2-8-26-22/h1-2,5,8-10,20H,6-7,11-18H2. The second kappa shape index (κ2) is 10.7. The first-order valence-corrected chi connectivity index (χ1v) is 10.7. The molecule has 0 N–H and O–H groups in total. The molecule has 0 aromatic carbocycles. The fourth-order valence-electron chi connectivity index (χ4n) is 3.93. The molecule has 4 heterocycles. The Kier molecular flexibility index (Phi) is 7.28. The van der Waals surface area contributed by atoms with Crippen LogP contribution in [0.2, 0.25) is 0 Å². The molecule has 2 fully saturated rings. The molecular weight excluding hydrogens is 390 g/mol. The molecule has 8 heteroatoms. The van der Waals surface area contributed by atoms with Crippen molar-refractivity contribution in [2.45, 2.75) is 18.9 Å². The Labute approximate surface area is 183 Å². The van der Waals surface area contributed by atoms with Gasteiger partial charge in [0.25, 0.3) is 0 Å². The molecule has 2 aromatic rings. The lowest BCUT2D eigenvalue weighted by Gasteiger charge is -2.34. The van der Waals surface area contributed by atoms with Crippen LogP contribution in [-0.2, 0) is 4.74 Å². The monoisotopic (exact) mass is 417 g/mol. The van der Waals surface area contributed by atoms with Crippen LogP contribution in [0.5, 0.6) is 0 Å². The summed E-state index contributed by atoms with van der Waals surface area (Å²) < 4.78 is 5.95. The van der Waals surface area contributed by atoms with Crippen molar-refractivity contribution in [3.05, 3.63) is 42.5 Å². The van der Waals surface area contributed by atoms with E-state index in [0.29, 0.717) is 18.1 Å². The van der Waals surface area contributed by atoms with Crippen LogP contribution in [0.15, 0.2) is 36.8 Å². The van der Waals surface area contributed by atoms with Crippen LogP contribution in [0.25, 0.3) is 0 Å². The van der Waals surface area contributed by atoms with Gasteiger partial charge in [-0.2, -0.15) is 5.26 Å². The van der Waals surface area contributed by atoms with Gasteiger partial charge in [-0.15, -0.1) is 0 Å². The summed E-state index contributed by atoms with van der Waals surface area (Å²) in [5, 5.41) is 9.20. The average Bonchev–Trinajstić information content (AvgIpc) is 2.85. The summed E-state index contributed by atoms with van der Waals surface area (Å²) in [6, 6.07) is 8.16. The molecule has 0 aliphatic carbocycles. The number of anilines is 2. The summed E-state index contributed by atoms with van der Waals surface area (Å²) in [7, 11) is 0. The molecule has 2 saturated heterocycles. The zero-order valence-corrected chi connectivity index (χ0v) is 17.7. The Morgan fingerprint density at radius 2 is 1.71 bits per heavy atom.